The third-order valence-electron chi connectivity index (χ3n) is 6.58. The number of para-hydroxylation sites is 1. The van der Waals surface area contributed by atoms with E-state index in [1.807, 2.05) is 29.0 Å². The minimum atomic E-state index is 0.0381. The molecule has 0 spiro atoms. The maximum atomic E-state index is 12.5. The lowest BCUT2D eigenvalue weighted by atomic mass is 9.89. The van der Waals surface area contributed by atoms with Crippen molar-refractivity contribution in [3.05, 3.63) is 60.8 Å². The molecule has 5 heteroatoms. The van der Waals surface area contributed by atoms with Gasteiger partial charge in [0.1, 0.15) is 17.9 Å². The first-order valence-corrected chi connectivity index (χ1v) is 11.8. The van der Waals surface area contributed by atoms with E-state index >= 15 is 0 Å². The maximum absolute atomic E-state index is 12.5. The van der Waals surface area contributed by atoms with Gasteiger partial charge >= 0.3 is 0 Å². The molecule has 5 rings (SSSR count). The lowest BCUT2D eigenvalue weighted by Gasteiger charge is -2.21. The van der Waals surface area contributed by atoms with Crippen LogP contribution in [0.15, 0.2) is 65.2 Å². The first kappa shape index (κ1) is 20.8. The predicted octanol–water partition coefficient (Wildman–Crippen LogP) is 5.34. The van der Waals surface area contributed by atoms with E-state index < -0.39 is 0 Å². The number of fused-ring (bicyclic) bond motifs is 2. The topological polar surface area (TPSA) is 59.2 Å². The minimum Gasteiger partial charge on any atom is -0.456 e. The van der Waals surface area contributed by atoms with Crippen LogP contribution in [0.3, 0.4) is 0 Å². The fourth-order valence-corrected chi connectivity index (χ4v) is 4.80. The lowest BCUT2D eigenvalue weighted by molar-refractivity contribution is -0.121. The van der Waals surface area contributed by atoms with Crippen molar-refractivity contribution in [3.8, 4) is 11.3 Å². The second kappa shape index (κ2) is 9.61. The predicted molar refractivity (Wildman–Crippen MR) is 130 cm³/mol. The summed E-state index contributed by atoms with van der Waals surface area (Å²) in [6.07, 6.45) is 8.79. The third kappa shape index (κ3) is 4.73. The smallest absolute Gasteiger partial charge is 0.239 e. The van der Waals surface area contributed by atoms with Crippen molar-refractivity contribution in [1.82, 2.24) is 15.2 Å². The molecule has 5 nitrogen and oxygen atoms in total. The standard InChI is InChI=1S/C27H31N3O2/c31-27(29-14-13-28-18-20-6-2-1-3-7-20)19-30-15-12-21-10-11-23(16-24(21)30)26-17-22-8-4-5-9-25(22)32-26/h4-5,8-12,15-17,20,28H,1-3,6-7,13-14,18-19H2,(H,29,31). The molecule has 1 aliphatic carbocycles. The van der Waals surface area contributed by atoms with Crippen molar-refractivity contribution in [2.75, 3.05) is 19.6 Å². The number of carbonyl (C=O) groups excluding carboxylic acids is 1. The number of furan rings is 1. The molecule has 0 saturated heterocycles. The van der Waals surface area contributed by atoms with Gasteiger partial charge in [-0.2, -0.15) is 0 Å². The summed E-state index contributed by atoms with van der Waals surface area (Å²) in [5.74, 6) is 1.69. The Labute approximate surface area is 188 Å². The average molecular weight is 430 g/mol. The summed E-state index contributed by atoms with van der Waals surface area (Å²) >= 11 is 0. The van der Waals surface area contributed by atoms with E-state index in [-0.39, 0.29) is 5.91 Å². The van der Waals surface area contributed by atoms with Crippen molar-refractivity contribution in [2.24, 2.45) is 5.92 Å². The van der Waals surface area contributed by atoms with Gasteiger partial charge in [-0.05, 0) is 55.0 Å². The van der Waals surface area contributed by atoms with Crippen LogP contribution < -0.4 is 10.6 Å². The summed E-state index contributed by atoms with van der Waals surface area (Å²) in [5.41, 5.74) is 2.93. The van der Waals surface area contributed by atoms with Gasteiger partial charge in [0, 0.05) is 35.8 Å². The van der Waals surface area contributed by atoms with Crippen molar-refractivity contribution >= 4 is 27.8 Å². The Morgan fingerprint density at radius 3 is 2.72 bits per heavy atom. The van der Waals surface area contributed by atoms with Crippen molar-refractivity contribution < 1.29 is 9.21 Å². The summed E-state index contributed by atoms with van der Waals surface area (Å²) in [7, 11) is 0. The molecule has 0 radical (unpaired) electrons. The normalized spacial score (nSPS) is 14.9. The van der Waals surface area contributed by atoms with Gasteiger partial charge in [-0.1, -0.05) is 49.6 Å². The van der Waals surface area contributed by atoms with Crippen LogP contribution in [-0.2, 0) is 11.3 Å². The van der Waals surface area contributed by atoms with Gasteiger partial charge in [-0.3, -0.25) is 4.79 Å². The fraction of sp³-hybridized carbons (Fsp3) is 0.370. The zero-order valence-electron chi connectivity index (χ0n) is 18.5. The molecule has 1 amide bonds. The summed E-state index contributed by atoms with van der Waals surface area (Å²) in [5, 5.41) is 8.76. The summed E-state index contributed by atoms with van der Waals surface area (Å²) < 4.78 is 8.03. The minimum absolute atomic E-state index is 0.0381. The van der Waals surface area contributed by atoms with Crippen LogP contribution in [0.2, 0.25) is 0 Å². The van der Waals surface area contributed by atoms with E-state index in [1.54, 1.807) is 0 Å². The largest absolute Gasteiger partial charge is 0.456 e. The first-order chi connectivity index (χ1) is 15.8. The van der Waals surface area contributed by atoms with Gasteiger partial charge in [0.2, 0.25) is 5.91 Å². The second-order valence-electron chi connectivity index (χ2n) is 8.92. The Morgan fingerprint density at radius 2 is 1.84 bits per heavy atom. The summed E-state index contributed by atoms with van der Waals surface area (Å²) in [4.78, 5) is 12.5. The Kier molecular flexibility index (Phi) is 6.26. The highest BCUT2D eigenvalue weighted by Crippen LogP contribution is 2.30. The molecule has 1 fully saturated rings. The van der Waals surface area contributed by atoms with Gasteiger partial charge in [-0.15, -0.1) is 0 Å². The number of rotatable bonds is 8. The molecule has 0 unspecified atom stereocenters. The lowest BCUT2D eigenvalue weighted by Crippen LogP contribution is -2.35. The molecule has 2 aromatic carbocycles. The van der Waals surface area contributed by atoms with E-state index in [9.17, 15) is 4.79 Å². The highest BCUT2D eigenvalue weighted by atomic mass is 16.3. The molecule has 1 saturated carbocycles. The van der Waals surface area contributed by atoms with E-state index in [2.05, 4.69) is 47.0 Å². The number of hydrogen-bond acceptors (Lipinski definition) is 3. The Hall–Kier alpha value is -3.05. The van der Waals surface area contributed by atoms with Crippen LogP contribution in [0.4, 0.5) is 0 Å². The number of nitrogens with one attached hydrogen (secondary N) is 2. The fourth-order valence-electron chi connectivity index (χ4n) is 4.80. The van der Waals surface area contributed by atoms with Gasteiger partial charge in [0.15, 0.2) is 0 Å². The van der Waals surface area contributed by atoms with Crippen molar-refractivity contribution in [2.45, 2.75) is 38.6 Å². The molecular weight excluding hydrogens is 398 g/mol. The first-order valence-electron chi connectivity index (χ1n) is 11.8. The number of aromatic nitrogens is 1. The van der Waals surface area contributed by atoms with Crippen molar-refractivity contribution in [3.63, 3.8) is 0 Å². The summed E-state index contributed by atoms with van der Waals surface area (Å²) in [6.45, 7) is 2.87. The molecule has 2 aromatic heterocycles. The highest BCUT2D eigenvalue weighted by Gasteiger charge is 2.13. The SMILES string of the molecule is O=C(Cn1ccc2ccc(-c3cc4ccccc4o3)cc21)NCCNCC1CCCCC1. The number of nitrogens with zero attached hydrogens (tertiary/aromatic N) is 1. The van der Waals surface area contributed by atoms with Gasteiger partial charge in [-0.25, -0.2) is 0 Å². The average Bonchev–Trinajstić information content (AvgIpc) is 3.43. The van der Waals surface area contributed by atoms with E-state index in [0.717, 1.165) is 52.2 Å². The second-order valence-corrected chi connectivity index (χ2v) is 8.92. The van der Waals surface area contributed by atoms with Crippen LogP contribution >= 0.6 is 0 Å². The molecular formula is C27H31N3O2. The number of amides is 1. The molecule has 2 N–H and O–H groups in total. The maximum Gasteiger partial charge on any atom is 0.239 e. The molecule has 0 bridgehead atoms. The zero-order chi connectivity index (χ0) is 21.8. The molecule has 0 aliphatic heterocycles. The van der Waals surface area contributed by atoms with Crippen LogP contribution in [0, 0.1) is 5.92 Å². The van der Waals surface area contributed by atoms with E-state index in [1.165, 1.54) is 32.1 Å². The molecule has 166 valence electrons. The van der Waals surface area contributed by atoms with Crippen LogP contribution in [-0.4, -0.2) is 30.1 Å². The quantitative estimate of drug-likeness (QED) is 0.372. The number of carbonyl (C=O) groups is 1. The molecule has 0 atom stereocenters. The zero-order valence-corrected chi connectivity index (χ0v) is 18.5. The van der Waals surface area contributed by atoms with Crippen LogP contribution in [0.25, 0.3) is 33.2 Å². The van der Waals surface area contributed by atoms with Gasteiger partial charge in [0.05, 0.1) is 0 Å². The van der Waals surface area contributed by atoms with Crippen LogP contribution in [0.5, 0.6) is 0 Å². The molecule has 1 aliphatic rings. The monoisotopic (exact) mass is 429 g/mol. The highest BCUT2D eigenvalue weighted by molar-refractivity contribution is 5.89. The van der Waals surface area contributed by atoms with Gasteiger partial charge in [0.25, 0.3) is 0 Å². The Morgan fingerprint density at radius 1 is 0.969 bits per heavy atom. The molecule has 32 heavy (non-hydrogen) atoms. The van der Waals surface area contributed by atoms with Crippen LogP contribution in [0.1, 0.15) is 32.1 Å². The molecule has 2 heterocycles. The Bertz CT molecular complexity index is 1170. The van der Waals surface area contributed by atoms with Crippen molar-refractivity contribution in [1.29, 1.82) is 0 Å². The summed E-state index contributed by atoms with van der Waals surface area (Å²) in [6, 6.07) is 18.4. The van der Waals surface area contributed by atoms with E-state index in [4.69, 9.17) is 4.42 Å². The van der Waals surface area contributed by atoms with Gasteiger partial charge < -0.3 is 19.6 Å². The third-order valence-corrected chi connectivity index (χ3v) is 6.58. The van der Waals surface area contributed by atoms with E-state index in [0.29, 0.717) is 13.1 Å². The Balaban J connectivity index is 1.18. The number of benzene rings is 2. The molecule has 4 aromatic rings. The number of hydrogen-bond donors (Lipinski definition) is 2.